The number of carbonyl (C=O) groups is 2. The smallest absolute Gasteiger partial charge is 0.337 e. The highest BCUT2D eigenvalue weighted by atomic mass is 16.5. The lowest BCUT2D eigenvalue weighted by molar-refractivity contribution is -0.120. The number of hydrogen-bond acceptors (Lipinski definition) is 7. The highest BCUT2D eigenvalue weighted by Crippen LogP contribution is 2.24. The second-order valence-electron chi connectivity index (χ2n) is 7.92. The molecule has 1 aromatic carbocycles. The van der Waals surface area contributed by atoms with E-state index in [9.17, 15) is 9.59 Å². The van der Waals surface area contributed by atoms with E-state index in [4.69, 9.17) is 4.74 Å². The maximum Gasteiger partial charge on any atom is 0.337 e. The summed E-state index contributed by atoms with van der Waals surface area (Å²) >= 11 is 0. The van der Waals surface area contributed by atoms with Gasteiger partial charge >= 0.3 is 5.97 Å². The number of nitrogens with zero attached hydrogens (tertiary/aromatic N) is 5. The highest BCUT2D eigenvalue weighted by Gasteiger charge is 2.27. The van der Waals surface area contributed by atoms with Crippen molar-refractivity contribution in [2.75, 3.05) is 30.4 Å². The summed E-state index contributed by atoms with van der Waals surface area (Å²) in [5, 5.41) is 7.44. The lowest BCUT2D eigenvalue weighted by atomic mass is 9.97. The molecule has 0 saturated carbocycles. The second kappa shape index (κ2) is 9.17. The van der Waals surface area contributed by atoms with Crippen molar-refractivity contribution >= 4 is 23.4 Å². The van der Waals surface area contributed by atoms with E-state index in [0.717, 1.165) is 36.6 Å². The Morgan fingerprint density at radius 3 is 2.53 bits per heavy atom. The van der Waals surface area contributed by atoms with E-state index in [1.165, 1.54) is 13.4 Å². The lowest BCUT2D eigenvalue weighted by Gasteiger charge is -2.33. The summed E-state index contributed by atoms with van der Waals surface area (Å²) in [5.74, 6) is 0.861. The number of hydrogen-bond donors (Lipinski definition) is 1. The Bertz CT molecular complexity index is 1130. The Morgan fingerprint density at radius 1 is 1.09 bits per heavy atom. The average Bonchev–Trinajstić information content (AvgIpc) is 3.17. The molecule has 4 rings (SSSR count). The van der Waals surface area contributed by atoms with Gasteiger partial charge < -0.3 is 15.0 Å². The van der Waals surface area contributed by atoms with E-state index in [1.807, 2.05) is 26.0 Å². The van der Waals surface area contributed by atoms with Crippen LogP contribution in [0.2, 0.25) is 0 Å². The molecule has 1 amide bonds. The van der Waals surface area contributed by atoms with Crippen molar-refractivity contribution in [2.24, 2.45) is 5.92 Å². The van der Waals surface area contributed by atoms with Crippen molar-refractivity contribution in [2.45, 2.75) is 26.7 Å². The minimum atomic E-state index is -0.407. The van der Waals surface area contributed by atoms with Crippen LogP contribution in [-0.4, -0.2) is 51.8 Å². The fourth-order valence-electron chi connectivity index (χ4n) is 3.94. The number of aryl methyl sites for hydroxylation is 2. The van der Waals surface area contributed by atoms with Crippen LogP contribution >= 0.6 is 0 Å². The first kappa shape index (κ1) is 21.5. The molecule has 9 nitrogen and oxygen atoms in total. The molecule has 1 aliphatic heterocycles. The molecular weight excluding hydrogens is 408 g/mol. The van der Waals surface area contributed by atoms with E-state index in [0.29, 0.717) is 23.6 Å². The molecule has 2 aromatic heterocycles. The predicted molar refractivity (Wildman–Crippen MR) is 120 cm³/mol. The topological polar surface area (TPSA) is 102 Å². The Kier molecular flexibility index (Phi) is 6.16. The highest BCUT2D eigenvalue weighted by molar-refractivity contribution is 5.94. The summed E-state index contributed by atoms with van der Waals surface area (Å²) in [6.45, 7) is 5.33. The number of rotatable bonds is 5. The number of anilines is 2. The fourth-order valence-corrected chi connectivity index (χ4v) is 3.94. The van der Waals surface area contributed by atoms with Gasteiger partial charge in [-0.25, -0.2) is 19.4 Å². The SMILES string of the molecule is COC(=O)c1ccc(NC(=O)C2CCCN(c3cc(-n4nc(C)cc4C)ncn3)C2)cc1. The zero-order valence-electron chi connectivity index (χ0n) is 18.4. The molecule has 166 valence electrons. The monoisotopic (exact) mass is 434 g/mol. The van der Waals surface area contributed by atoms with E-state index >= 15 is 0 Å². The number of nitrogens with one attached hydrogen (secondary N) is 1. The Morgan fingerprint density at radius 2 is 1.84 bits per heavy atom. The van der Waals surface area contributed by atoms with E-state index in [-0.39, 0.29) is 11.8 Å². The van der Waals surface area contributed by atoms with E-state index in [2.05, 4.69) is 25.3 Å². The van der Waals surface area contributed by atoms with Gasteiger partial charge in [0, 0.05) is 30.5 Å². The molecular formula is C23H26N6O3. The van der Waals surface area contributed by atoms with Crippen LogP contribution in [0.15, 0.2) is 42.7 Å². The molecule has 1 saturated heterocycles. The first-order valence-electron chi connectivity index (χ1n) is 10.5. The maximum absolute atomic E-state index is 12.9. The first-order valence-corrected chi connectivity index (χ1v) is 10.5. The molecule has 1 N–H and O–H groups in total. The summed E-state index contributed by atoms with van der Waals surface area (Å²) in [6.07, 6.45) is 3.23. The van der Waals surface area contributed by atoms with E-state index < -0.39 is 5.97 Å². The van der Waals surface area contributed by atoms with Crippen molar-refractivity contribution in [3.05, 3.63) is 59.7 Å². The van der Waals surface area contributed by atoms with Gasteiger partial charge in [-0.3, -0.25) is 4.79 Å². The molecule has 0 spiro atoms. The molecule has 1 unspecified atom stereocenters. The van der Waals surface area contributed by atoms with Crippen molar-refractivity contribution < 1.29 is 14.3 Å². The van der Waals surface area contributed by atoms with Gasteiger partial charge in [-0.05, 0) is 57.0 Å². The minimum Gasteiger partial charge on any atom is -0.465 e. The minimum absolute atomic E-state index is 0.0478. The molecule has 3 aromatic rings. The summed E-state index contributed by atoms with van der Waals surface area (Å²) in [6, 6.07) is 10.6. The van der Waals surface area contributed by atoms with Gasteiger partial charge in [0.2, 0.25) is 5.91 Å². The zero-order chi connectivity index (χ0) is 22.7. The first-order chi connectivity index (χ1) is 15.4. The summed E-state index contributed by atoms with van der Waals surface area (Å²) in [7, 11) is 1.34. The van der Waals surface area contributed by atoms with Gasteiger partial charge in [0.05, 0.1) is 24.3 Å². The Hall–Kier alpha value is -3.75. The van der Waals surface area contributed by atoms with Crippen molar-refractivity contribution in [1.29, 1.82) is 0 Å². The number of carbonyl (C=O) groups excluding carboxylic acids is 2. The molecule has 0 bridgehead atoms. The Labute approximate surface area is 186 Å². The second-order valence-corrected chi connectivity index (χ2v) is 7.92. The van der Waals surface area contributed by atoms with Gasteiger partial charge in [0.25, 0.3) is 0 Å². The molecule has 32 heavy (non-hydrogen) atoms. The molecule has 1 atom stereocenters. The molecule has 1 fully saturated rings. The van der Waals surface area contributed by atoms with Crippen molar-refractivity contribution in [3.8, 4) is 5.82 Å². The number of benzene rings is 1. The molecule has 0 radical (unpaired) electrons. The third kappa shape index (κ3) is 4.61. The van der Waals surface area contributed by atoms with Crippen LogP contribution < -0.4 is 10.2 Å². The normalized spacial score (nSPS) is 16.0. The lowest BCUT2D eigenvalue weighted by Crippen LogP contribution is -2.41. The van der Waals surface area contributed by atoms with Gasteiger partial charge in [0.1, 0.15) is 12.1 Å². The fraction of sp³-hybridized carbons (Fsp3) is 0.348. The Balaban J connectivity index is 1.44. The molecule has 0 aliphatic carbocycles. The number of methoxy groups -OCH3 is 1. The third-order valence-electron chi connectivity index (χ3n) is 5.55. The average molecular weight is 435 g/mol. The number of piperidine rings is 1. The van der Waals surface area contributed by atoms with Crippen LogP contribution in [0.4, 0.5) is 11.5 Å². The number of esters is 1. The van der Waals surface area contributed by atoms with Crippen molar-refractivity contribution in [1.82, 2.24) is 19.7 Å². The zero-order valence-corrected chi connectivity index (χ0v) is 18.4. The third-order valence-corrected chi connectivity index (χ3v) is 5.55. The largest absolute Gasteiger partial charge is 0.465 e. The maximum atomic E-state index is 12.9. The molecule has 9 heteroatoms. The van der Waals surface area contributed by atoms with Crippen LogP contribution in [0, 0.1) is 19.8 Å². The van der Waals surface area contributed by atoms with Gasteiger partial charge in [-0.15, -0.1) is 0 Å². The molecule has 3 heterocycles. The van der Waals surface area contributed by atoms with Gasteiger partial charge in [-0.1, -0.05) is 0 Å². The summed E-state index contributed by atoms with van der Waals surface area (Å²) in [5.41, 5.74) is 3.02. The van der Waals surface area contributed by atoms with Crippen LogP contribution in [0.5, 0.6) is 0 Å². The van der Waals surface area contributed by atoms with Crippen LogP contribution in [-0.2, 0) is 9.53 Å². The van der Waals surface area contributed by atoms with Gasteiger partial charge in [-0.2, -0.15) is 5.10 Å². The quantitative estimate of drug-likeness (QED) is 0.616. The van der Waals surface area contributed by atoms with E-state index in [1.54, 1.807) is 28.9 Å². The summed E-state index contributed by atoms with van der Waals surface area (Å²) < 4.78 is 6.50. The van der Waals surface area contributed by atoms with Crippen LogP contribution in [0.1, 0.15) is 34.6 Å². The van der Waals surface area contributed by atoms with Crippen molar-refractivity contribution in [3.63, 3.8) is 0 Å². The van der Waals surface area contributed by atoms with Crippen LogP contribution in [0.3, 0.4) is 0 Å². The van der Waals surface area contributed by atoms with Gasteiger partial charge in [0.15, 0.2) is 5.82 Å². The number of amides is 1. The number of aromatic nitrogens is 4. The number of ether oxygens (including phenoxy) is 1. The summed E-state index contributed by atoms with van der Waals surface area (Å²) in [4.78, 5) is 35.4. The standard InChI is InChI=1S/C23H26N6O3/c1-15-11-16(2)29(27-15)21-12-20(24-14-25-21)28-10-4-5-18(13-28)22(30)26-19-8-6-17(7-9-19)23(31)32-3/h6-9,11-12,14,18H,4-5,10,13H2,1-3H3,(H,26,30). The predicted octanol–water partition coefficient (Wildman–Crippen LogP) is 2.92. The van der Waals surface area contributed by atoms with Crippen LogP contribution in [0.25, 0.3) is 5.82 Å². The molecule has 1 aliphatic rings.